The molecule has 0 spiro atoms. The number of Topliss-reactive ketones (excluding diaryl/α,β-unsaturated/α-hetero) is 1. The van der Waals surface area contributed by atoms with Gasteiger partial charge in [-0.3, -0.25) is 14.3 Å². The van der Waals surface area contributed by atoms with Crippen LogP contribution in [0.4, 0.5) is 10.1 Å². The Kier molecular flexibility index (Phi) is 4.95. The Morgan fingerprint density at radius 3 is 2.46 bits per heavy atom. The van der Waals surface area contributed by atoms with E-state index < -0.39 is 27.5 Å². The minimum atomic E-state index is -3.95. The van der Waals surface area contributed by atoms with Crippen molar-refractivity contribution in [1.82, 2.24) is 9.88 Å². The summed E-state index contributed by atoms with van der Waals surface area (Å²) in [5.41, 5.74) is 1.14. The van der Waals surface area contributed by atoms with E-state index in [2.05, 4.69) is 9.71 Å². The summed E-state index contributed by atoms with van der Waals surface area (Å²) in [6, 6.07) is 8.08. The fourth-order valence-electron chi connectivity index (χ4n) is 2.69. The quantitative estimate of drug-likeness (QED) is 0.505. The van der Waals surface area contributed by atoms with Gasteiger partial charge in [0.25, 0.3) is 21.7 Å². The first kappa shape index (κ1) is 19.6. The second kappa shape index (κ2) is 7.08. The number of aromatic nitrogens is 1. The first-order chi connectivity index (χ1) is 13.1. The zero-order valence-corrected chi connectivity index (χ0v) is 16.2. The van der Waals surface area contributed by atoms with Gasteiger partial charge >= 0.3 is 0 Å². The van der Waals surface area contributed by atoms with Crippen LogP contribution in [0.1, 0.15) is 15.9 Å². The summed E-state index contributed by atoms with van der Waals surface area (Å²) in [5.74, 6) is -1.89. The fraction of sp³-hybridized carbons (Fsp3) is 0.158. The molecule has 0 bridgehead atoms. The Hall–Kier alpha value is -3.20. The number of hydrogen-bond donors (Lipinski definition) is 2. The number of benzene rings is 2. The summed E-state index contributed by atoms with van der Waals surface area (Å²) in [6.07, 6.45) is 1.41. The number of hydrogen-bond acceptors (Lipinski definition) is 4. The highest BCUT2D eigenvalue weighted by molar-refractivity contribution is 7.92. The molecular weight excluding hydrogens is 385 g/mol. The smallest absolute Gasteiger partial charge is 0.294 e. The third kappa shape index (κ3) is 3.61. The van der Waals surface area contributed by atoms with E-state index in [0.717, 1.165) is 6.07 Å². The largest absolute Gasteiger partial charge is 0.360 e. The molecule has 0 saturated heterocycles. The molecule has 1 aromatic heterocycles. The van der Waals surface area contributed by atoms with E-state index in [0.29, 0.717) is 10.9 Å². The number of sulfonamides is 1. The van der Waals surface area contributed by atoms with E-state index in [1.807, 2.05) is 0 Å². The average Bonchev–Trinajstić information content (AvgIpc) is 3.05. The number of aromatic amines is 1. The second-order valence-electron chi connectivity index (χ2n) is 6.51. The van der Waals surface area contributed by atoms with E-state index in [1.54, 1.807) is 6.07 Å². The number of nitrogens with one attached hydrogen (secondary N) is 2. The lowest BCUT2D eigenvalue weighted by molar-refractivity contribution is -0.124. The molecule has 1 heterocycles. The van der Waals surface area contributed by atoms with E-state index >= 15 is 0 Å². The maximum atomic E-state index is 13.4. The lowest BCUT2D eigenvalue weighted by Crippen LogP contribution is -2.29. The van der Waals surface area contributed by atoms with Crippen molar-refractivity contribution in [3.8, 4) is 0 Å². The topological polar surface area (TPSA) is 99.3 Å². The summed E-state index contributed by atoms with van der Waals surface area (Å²) in [5, 5.41) is 0.413. The van der Waals surface area contributed by atoms with Gasteiger partial charge in [-0.05, 0) is 48.9 Å². The van der Waals surface area contributed by atoms with Gasteiger partial charge in [-0.2, -0.15) is 0 Å². The maximum absolute atomic E-state index is 13.4. The minimum Gasteiger partial charge on any atom is -0.360 e. The number of fused-ring (bicyclic) bond motifs is 1. The van der Waals surface area contributed by atoms with Crippen molar-refractivity contribution < 1.29 is 22.4 Å². The number of likely N-dealkylation sites (N-methyl/N-ethyl adjacent to an activating group) is 1. The minimum absolute atomic E-state index is 0.0837. The van der Waals surface area contributed by atoms with Crippen LogP contribution >= 0.6 is 0 Å². The molecule has 146 valence electrons. The average molecular weight is 403 g/mol. The van der Waals surface area contributed by atoms with Crippen molar-refractivity contribution in [3.05, 3.63) is 59.5 Å². The lowest BCUT2D eigenvalue weighted by Gasteiger charge is -2.10. The molecule has 0 atom stereocenters. The van der Waals surface area contributed by atoms with Crippen LogP contribution in [0.2, 0.25) is 0 Å². The van der Waals surface area contributed by atoms with Gasteiger partial charge in [-0.1, -0.05) is 0 Å². The standard InChI is InChI=1S/C19H18FN3O4S/c1-11-8-13(5-6-16(11)20)28(26,27)22-12-4-7-17-14(9-12)15(10-21-17)18(24)19(25)23(2)3/h4-10,21-22H,1-3H3. The number of amides is 1. The molecular formula is C19H18FN3O4S. The number of ketones is 1. The first-order valence-electron chi connectivity index (χ1n) is 8.26. The van der Waals surface area contributed by atoms with Gasteiger partial charge in [0.05, 0.1) is 10.5 Å². The third-order valence-electron chi connectivity index (χ3n) is 4.22. The summed E-state index contributed by atoms with van der Waals surface area (Å²) in [7, 11) is -1.01. The lowest BCUT2D eigenvalue weighted by atomic mass is 10.1. The number of aryl methyl sites for hydroxylation is 1. The van der Waals surface area contributed by atoms with Crippen LogP contribution in [0.3, 0.4) is 0 Å². The summed E-state index contributed by atoms with van der Waals surface area (Å²) < 4.78 is 41.0. The molecule has 3 aromatic rings. The van der Waals surface area contributed by atoms with Crippen LogP contribution in [0.15, 0.2) is 47.5 Å². The van der Waals surface area contributed by atoms with Crippen molar-refractivity contribution in [3.63, 3.8) is 0 Å². The number of carbonyl (C=O) groups excluding carboxylic acids is 2. The Morgan fingerprint density at radius 1 is 1.11 bits per heavy atom. The number of H-pyrrole nitrogens is 1. The van der Waals surface area contributed by atoms with E-state index in [1.165, 1.54) is 56.4 Å². The van der Waals surface area contributed by atoms with Crippen LogP contribution in [0.5, 0.6) is 0 Å². The van der Waals surface area contributed by atoms with Crippen molar-refractivity contribution in [2.24, 2.45) is 0 Å². The predicted octanol–water partition coefficient (Wildman–Crippen LogP) is 2.69. The van der Waals surface area contributed by atoms with Crippen LogP contribution < -0.4 is 4.72 Å². The van der Waals surface area contributed by atoms with Gasteiger partial charge in [-0.15, -0.1) is 0 Å². The Bertz CT molecular complexity index is 1200. The molecule has 0 radical (unpaired) electrons. The Labute approximate surface area is 161 Å². The van der Waals surface area contributed by atoms with Crippen molar-refractivity contribution in [1.29, 1.82) is 0 Å². The van der Waals surface area contributed by atoms with Gasteiger partial charge in [0.2, 0.25) is 0 Å². The van der Waals surface area contributed by atoms with Gasteiger partial charge in [-0.25, -0.2) is 12.8 Å². The number of anilines is 1. The second-order valence-corrected chi connectivity index (χ2v) is 8.19. The van der Waals surface area contributed by atoms with E-state index in [4.69, 9.17) is 0 Å². The number of carbonyl (C=O) groups is 2. The molecule has 2 N–H and O–H groups in total. The summed E-state index contributed by atoms with van der Waals surface area (Å²) in [6.45, 7) is 1.47. The number of nitrogens with zero attached hydrogens (tertiary/aromatic N) is 1. The molecule has 7 nitrogen and oxygen atoms in total. The van der Waals surface area contributed by atoms with E-state index in [9.17, 15) is 22.4 Å². The zero-order chi connectivity index (χ0) is 20.6. The molecule has 0 aliphatic heterocycles. The van der Waals surface area contributed by atoms with Crippen molar-refractivity contribution in [2.75, 3.05) is 18.8 Å². The third-order valence-corrected chi connectivity index (χ3v) is 5.60. The van der Waals surface area contributed by atoms with Crippen LogP contribution in [0, 0.1) is 12.7 Å². The molecule has 9 heteroatoms. The maximum Gasteiger partial charge on any atom is 0.294 e. The highest BCUT2D eigenvalue weighted by Crippen LogP contribution is 2.25. The van der Waals surface area contributed by atoms with Gasteiger partial charge in [0, 0.05) is 36.9 Å². The molecule has 0 fully saturated rings. The summed E-state index contributed by atoms with van der Waals surface area (Å²) in [4.78, 5) is 28.3. The normalized spacial score (nSPS) is 11.4. The molecule has 0 aliphatic rings. The molecule has 0 unspecified atom stereocenters. The fourth-order valence-corrected chi connectivity index (χ4v) is 3.82. The monoisotopic (exact) mass is 403 g/mol. The SMILES string of the molecule is Cc1cc(S(=O)(=O)Nc2ccc3[nH]cc(C(=O)C(=O)N(C)C)c3c2)ccc1F. The molecule has 2 aromatic carbocycles. The molecule has 28 heavy (non-hydrogen) atoms. The highest BCUT2D eigenvalue weighted by atomic mass is 32.2. The van der Waals surface area contributed by atoms with Crippen LogP contribution in [-0.4, -0.2) is 44.1 Å². The number of halogens is 1. The van der Waals surface area contributed by atoms with Gasteiger partial charge < -0.3 is 9.88 Å². The number of rotatable bonds is 5. The van der Waals surface area contributed by atoms with Crippen molar-refractivity contribution >= 4 is 38.3 Å². The van der Waals surface area contributed by atoms with Gasteiger partial charge in [0.15, 0.2) is 0 Å². The Balaban J connectivity index is 1.98. The molecule has 1 amide bonds. The molecule has 0 aliphatic carbocycles. The van der Waals surface area contributed by atoms with Crippen molar-refractivity contribution in [2.45, 2.75) is 11.8 Å². The predicted molar refractivity (Wildman–Crippen MR) is 103 cm³/mol. The zero-order valence-electron chi connectivity index (χ0n) is 15.4. The molecule has 3 rings (SSSR count). The first-order valence-corrected chi connectivity index (χ1v) is 9.74. The molecule has 0 saturated carbocycles. The highest BCUT2D eigenvalue weighted by Gasteiger charge is 2.22. The summed E-state index contributed by atoms with van der Waals surface area (Å²) >= 11 is 0. The van der Waals surface area contributed by atoms with Gasteiger partial charge in [0.1, 0.15) is 5.82 Å². The Morgan fingerprint density at radius 2 is 1.82 bits per heavy atom. The van der Waals surface area contributed by atoms with Crippen LogP contribution in [-0.2, 0) is 14.8 Å². The van der Waals surface area contributed by atoms with Crippen LogP contribution in [0.25, 0.3) is 10.9 Å². The van der Waals surface area contributed by atoms with E-state index in [-0.39, 0.29) is 21.7 Å².